The lowest BCUT2D eigenvalue weighted by molar-refractivity contribution is 0.101. The first-order valence-electron chi connectivity index (χ1n) is 5.63. The number of hydrogen-bond donors (Lipinski definition) is 1. The van der Waals surface area contributed by atoms with Crippen molar-refractivity contribution in [3.05, 3.63) is 30.0 Å². The average Bonchev–Trinajstić information content (AvgIpc) is 2.55. The Hall–Kier alpha value is -1.48. The van der Waals surface area contributed by atoms with Crippen LogP contribution in [0.15, 0.2) is 28.7 Å². The predicted octanol–water partition coefficient (Wildman–Crippen LogP) is 2.61. The molecule has 1 fully saturated rings. The normalized spacial score (nSPS) is 24.4. The Labute approximate surface area is 94.2 Å². The first-order valence-corrected chi connectivity index (χ1v) is 5.63. The van der Waals surface area contributed by atoms with E-state index < -0.39 is 0 Å². The van der Waals surface area contributed by atoms with E-state index in [2.05, 4.69) is 0 Å². The molecule has 84 valence electrons. The molecule has 0 unspecified atom stereocenters. The first-order chi connectivity index (χ1) is 7.70. The second kappa shape index (κ2) is 3.52. The van der Waals surface area contributed by atoms with Gasteiger partial charge in [-0.3, -0.25) is 0 Å². The summed E-state index contributed by atoms with van der Waals surface area (Å²) < 4.78 is 11.3. The molecule has 16 heavy (non-hydrogen) atoms. The lowest BCUT2D eigenvalue weighted by Gasteiger charge is -2.32. The van der Waals surface area contributed by atoms with Gasteiger partial charge in [0.05, 0.1) is 0 Å². The summed E-state index contributed by atoms with van der Waals surface area (Å²) >= 11 is 0. The van der Waals surface area contributed by atoms with Gasteiger partial charge in [-0.2, -0.15) is 0 Å². The molecule has 0 saturated heterocycles. The molecule has 3 heteroatoms. The van der Waals surface area contributed by atoms with Crippen LogP contribution in [0.4, 0.5) is 0 Å². The molecule has 0 amide bonds. The summed E-state index contributed by atoms with van der Waals surface area (Å²) in [6, 6.07) is 8.28. The molecular weight excluding hydrogens is 202 g/mol. The second-order valence-electron chi connectivity index (χ2n) is 4.53. The highest BCUT2D eigenvalue weighted by Crippen LogP contribution is 2.28. The summed E-state index contributed by atoms with van der Waals surface area (Å²) in [5.41, 5.74) is 6.63. The fraction of sp³-hybridized carbons (Fsp3) is 0.385. The van der Waals surface area contributed by atoms with Gasteiger partial charge in [0, 0.05) is 11.4 Å². The topological polar surface area (TPSA) is 48.4 Å². The second-order valence-corrected chi connectivity index (χ2v) is 4.53. The van der Waals surface area contributed by atoms with Gasteiger partial charge in [0.15, 0.2) is 0 Å². The molecule has 1 saturated carbocycles. The summed E-state index contributed by atoms with van der Waals surface area (Å²) in [6.07, 6.45) is 2.21. The Kier molecular flexibility index (Phi) is 2.14. The van der Waals surface area contributed by atoms with Crippen molar-refractivity contribution < 1.29 is 9.15 Å². The summed E-state index contributed by atoms with van der Waals surface area (Å²) in [5, 5.41) is 1.10. The number of rotatable bonds is 2. The summed E-state index contributed by atoms with van der Waals surface area (Å²) in [6.45, 7) is 1.95. The van der Waals surface area contributed by atoms with Crippen LogP contribution in [0.25, 0.3) is 11.0 Å². The van der Waals surface area contributed by atoms with Crippen molar-refractivity contribution in [2.45, 2.75) is 31.9 Å². The molecule has 3 rings (SSSR count). The molecule has 1 aromatic heterocycles. The maximum Gasteiger partial charge on any atom is 0.134 e. The quantitative estimate of drug-likeness (QED) is 0.841. The van der Waals surface area contributed by atoms with Gasteiger partial charge in [0.2, 0.25) is 0 Å². The van der Waals surface area contributed by atoms with Crippen molar-refractivity contribution in [3.8, 4) is 5.75 Å². The van der Waals surface area contributed by atoms with E-state index in [0.717, 1.165) is 35.3 Å². The average molecular weight is 217 g/mol. The number of nitrogens with two attached hydrogens (primary N) is 1. The number of hydrogen-bond acceptors (Lipinski definition) is 3. The van der Waals surface area contributed by atoms with Gasteiger partial charge >= 0.3 is 0 Å². The van der Waals surface area contributed by atoms with Gasteiger partial charge in [-0.15, -0.1) is 0 Å². The van der Waals surface area contributed by atoms with Crippen LogP contribution in [0, 0.1) is 6.92 Å². The van der Waals surface area contributed by atoms with E-state index in [0.29, 0.717) is 12.1 Å². The maximum absolute atomic E-state index is 5.82. The van der Waals surface area contributed by atoms with Crippen LogP contribution < -0.4 is 10.5 Å². The summed E-state index contributed by atoms with van der Waals surface area (Å²) in [5.74, 6) is 1.84. The van der Waals surface area contributed by atoms with Gasteiger partial charge in [-0.1, -0.05) is 0 Å². The summed E-state index contributed by atoms with van der Waals surface area (Å²) in [4.78, 5) is 0. The first kappa shape index (κ1) is 9.73. The van der Waals surface area contributed by atoms with Crippen molar-refractivity contribution in [2.24, 2.45) is 5.73 Å². The highest BCUT2D eigenvalue weighted by atomic mass is 16.5. The van der Waals surface area contributed by atoms with Crippen LogP contribution in [0.5, 0.6) is 5.75 Å². The molecule has 1 aromatic carbocycles. The highest BCUT2D eigenvalue weighted by Gasteiger charge is 2.27. The van der Waals surface area contributed by atoms with E-state index in [1.54, 1.807) is 0 Å². The van der Waals surface area contributed by atoms with E-state index in [1.807, 2.05) is 31.2 Å². The SMILES string of the molecule is Cc1cc2cc(O[C@H]3C[C@H](N)C3)ccc2o1. The number of aryl methyl sites for hydroxylation is 1. The molecular formula is C13H15NO2. The van der Waals surface area contributed by atoms with Crippen LogP contribution in [-0.2, 0) is 0 Å². The minimum atomic E-state index is 0.292. The third-order valence-corrected chi connectivity index (χ3v) is 3.04. The van der Waals surface area contributed by atoms with E-state index in [1.165, 1.54) is 0 Å². The molecule has 1 aliphatic rings. The molecule has 0 atom stereocenters. The van der Waals surface area contributed by atoms with Crippen molar-refractivity contribution in [1.29, 1.82) is 0 Å². The molecule has 2 N–H and O–H groups in total. The van der Waals surface area contributed by atoms with Crippen molar-refractivity contribution >= 4 is 11.0 Å². The molecule has 1 heterocycles. The Morgan fingerprint density at radius 3 is 2.88 bits per heavy atom. The van der Waals surface area contributed by atoms with Crippen LogP contribution in [0.1, 0.15) is 18.6 Å². The fourth-order valence-corrected chi connectivity index (χ4v) is 2.12. The standard InChI is InChI=1S/C13H15NO2/c1-8-4-9-5-11(2-3-13(9)15-8)16-12-6-10(14)7-12/h2-5,10,12H,6-7,14H2,1H3/t10-,12-. The number of furan rings is 1. The number of fused-ring (bicyclic) bond motifs is 1. The smallest absolute Gasteiger partial charge is 0.134 e. The van der Waals surface area contributed by atoms with Gasteiger partial charge in [0.1, 0.15) is 23.2 Å². The number of ether oxygens (including phenoxy) is 1. The van der Waals surface area contributed by atoms with Crippen molar-refractivity contribution in [3.63, 3.8) is 0 Å². The Bertz CT molecular complexity index is 512. The van der Waals surface area contributed by atoms with Crippen LogP contribution >= 0.6 is 0 Å². The van der Waals surface area contributed by atoms with E-state index in [9.17, 15) is 0 Å². The van der Waals surface area contributed by atoms with Crippen LogP contribution in [0.2, 0.25) is 0 Å². The van der Waals surface area contributed by atoms with E-state index >= 15 is 0 Å². The van der Waals surface area contributed by atoms with Gasteiger partial charge < -0.3 is 14.9 Å². The maximum atomic E-state index is 5.82. The predicted molar refractivity (Wildman–Crippen MR) is 62.6 cm³/mol. The molecule has 0 radical (unpaired) electrons. The Morgan fingerprint density at radius 1 is 1.31 bits per heavy atom. The largest absolute Gasteiger partial charge is 0.490 e. The molecule has 0 aliphatic heterocycles. The number of benzene rings is 1. The zero-order valence-corrected chi connectivity index (χ0v) is 9.27. The zero-order chi connectivity index (χ0) is 11.1. The van der Waals surface area contributed by atoms with E-state index in [4.69, 9.17) is 14.9 Å². The molecule has 0 spiro atoms. The van der Waals surface area contributed by atoms with Crippen LogP contribution in [0.3, 0.4) is 0 Å². The Balaban J connectivity index is 1.82. The van der Waals surface area contributed by atoms with Gasteiger partial charge in [0.25, 0.3) is 0 Å². The lowest BCUT2D eigenvalue weighted by Crippen LogP contribution is -2.43. The minimum Gasteiger partial charge on any atom is -0.490 e. The van der Waals surface area contributed by atoms with Crippen molar-refractivity contribution in [1.82, 2.24) is 0 Å². The fourth-order valence-electron chi connectivity index (χ4n) is 2.12. The van der Waals surface area contributed by atoms with Crippen LogP contribution in [-0.4, -0.2) is 12.1 Å². The minimum absolute atomic E-state index is 0.292. The van der Waals surface area contributed by atoms with Crippen molar-refractivity contribution in [2.75, 3.05) is 0 Å². The highest BCUT2D eigenvalue weighted by molar-refractivity contribution is 5.79. The molecule has 2 aromatic rings. The Morgan fingerprint density at radius 2 is 2.12 bits per heavy atom. The van der Waals surface area contributed by atoms with Gasteiger partial charge in [-0.25, -0.2) is 0 Å². The van der Waals surface area contributed by atoms with E-state index in [-0.39, 0.29) is 0 Å². The summed E-state index contributed by atoms with van der Waals surface area (Å²) in [7, 11) is 0. The molecule has 3 nitrogen and oxygen atoms in total. The lowest BCUT2D eigenvalue weighted by atomic mass is 9.90. The zero-order valence-electron chi connectivity index (χ0n) is 9.27. The van der Waals surface area contributed by atoms with Gasteiger partial charge in [-0.05, 0) is 44.0 Å². The molecule has 0 bridgehead atoms. The third kappa shape index (κ3) is 1.67. The third-order valence-electron chi connectivity index (χ3n) is 3.04. The monoisotopic (exact) mass is 217 g/mol. The molecule has 1 aliphatic carbocycles.